The molecule has 0 aliphatic heterocycles. The lowest BCUT2D eigenvalue weighted by molar-refractivity contribution is -0.120. The molecule has 7 heteroatoms. The zero-order valence-electron chi connectivity index (χ0n) is 13.7. The fraction of sp³-hybridized carbons (Fsp3) is 0.167. The number of nitrogens with one attached hydrogen (secondary N) is 2. The summed E-state index contributed by atoms with van der Waals surface area (Å²) in [5.74, 6) is 0.146. The smallest absolute Gasteiger partial charge is 0.318 e. The van der Waals surface area contributed by atoms with Gasteiger partial charge in [-0.25, -0.2) is 4.79 Å². The molecule has 128 valence electrons. The zero-order chi connectivity index (χ0) is 18.2. The minimum absolute atomic E-state index is 0.347. The Morgan fingerprint density at radius 2 is 1.96 bits per heavy atom. The average Bonchev–Trinajstić information content (AvgIpc) is 2.60. The molecule has 3 amide bonds. The number of rotatable bonds is 6. The van der Waals surface area contributed by atoms with Crippen molar-refractivity contribution in [3.05, 3.63) is 59.7 Å². The molecule has 0 aliphatic rings. The molecule has 0 radical (unpaired) electrons. The van der Waals surface area contributed by atoms with Gasteiger partial charge >= 0.3 is 6.03 Å². The van der Waals surface area contributed by atoms with E-state index in [1.165, 1.54) is 0 Å². The Kier molecular flexibility index (Phi) is 5.96. The van der Waals surface area contributed by atoms with Crippen molar-refractivity contribution in [1.29, 1.82) is 5.26 Å². The molecule has 4 N–H and O–H groups in total. The van der Waals surface area contributed by atoms with Crippen LogP contribution in [0.4, 0.5) is 10.5 Å². The lowest BCUT2D eigenvalue weighted by Crippen LogP contribution is -2.43. The van der Waals surface area contributed by atoms with Gasteiger partial charge in [-0.05, 0) is 48.9 Å². The highest BCUT2D eigenvalue weighted by atomic mass is 16.5. The summed E-state index contributed by atoms with van der Waals surface area (Å²) in [7, 11) is 0. The molecule has 0 saturated heterocycles. The Hall–Kier alpha value is -3.53. The molecule has 0 aromatic heterocycles. The van der Waals surface area contributed by atoms with E-state index in [1.807, 2.05) is 17.4 Å². The van der Waals surface area contributed by atoms with Crippen molar-refractivity contribution in [2.75, 3.05) is 5.32 Å². The number of ether oxygens (including phenoxy) is 1. The van der Waals surface area contributed by atoms with Gasteiger partial charge in [0.1, 0.15) is 18.4 Å². The van der Waals surface area contributed by atoms with Crippen LogP contribution in [-0.4, -0.2) is 18.0 Å². The van der Waals surface area contributed by atoms with Crippen LogP contribution in [0.15, 0.2) is 48.5 Å². The van der Waals surface area contributed by atoms with E-state index in [1.54, 1.807) is 43.3 Å². The quantitative estimate of drug-likeness (QED) is 0.746. The molecule has 0 aliphatic carbocycles. The number of benzene rings is 2. The Morgan fingerprint density at radius 3 is 2.60 bits per heavy atom. The van der Waals surface area contributed by atoms with Gasteiger partial charge in [-0.15, -0.1) is 0 Å². The minimum Gasteiger partial charge on any atom is -0.489 e. The van der Waals surface area contributed by atoms with Crippen LogP contribution in [0.2, 0.25) is 0 Å². The predicted octanol–water partition coefficient (Wildman–Crippen LogP) is 2.13. The third-order valence-corrected chi connectivity index (χ3v) is 3.34. The van der Waals surface area contributed by atoms with Gasteiger partial charge in [0, 0.05) is 5.69 Å². The van der Waals surface area contributed by atoms with Crippen LogP contribution in [0.25, 0.3) is 0 Å². The van der Waals surface area contributed by atoms with Crippen LogP contribution >= 0.6 is 0 Å². The van der Waals surface area contributed by atoms with Gasteiger partial charge in [-0.1, -0.05) is 12.1 Å². The van der Waals surface area contributed by atoms with Crippen LogP contribution in [0.5, 0.6) is 5.75 Å². The number of anilines is 1. The molecule has 7 nitrogen and oxygen atoms in total. The molecule has 0 saturated carbocycles. The summed E-state index contributed by atoms with van der Waals surface area (Å²) in [6, 6.07) is 14.8. The fourth-order valence-electron chi connectivity index (χ4n) is 2.09. The second-order valence-electron chi connectivity index (χ2n) is 5.34. The topological polar surface area (TPSA) is 117 Å². The standard InChI is InChI=1S/C18H18N4O3/c1-12(17(23)22-18(20)24)21-15-5-7-16(8-6-15)25-11-14-4-2-3-13(9-14)10-19/h2-9,12,21H,11H2,1H3,(H3,20,22,23,24)/t12-/m0/s1. The molecule has 0 unspecified atom stereocenters. The van der Waals surface area contributed by atoms with E-state index in [0.717, 1.165) is 5.56 Å². The third kappa shape index (κ3) is 5.55. The number of nitrogens with two attached hydrogens (primary N) is 1. The van der Waals surface area contributed by atoms with Crippen molar-refractivity contribution >= 4 is 17.6 Å². The maximum absolute atomic E-state index is 11.6. The number of hydrogen-bond donors (Lipinski definition) is 3. The molecule has 2 aromatic rings. The van der Waals surface area contributed by atoms with Gasteiger partial charge in [0.2, 0.25) is 5.91 Å². The summed E-state index contributed by atoms with van der Waals surface area (Å²) in [4.78, 5) is 22.3. The van der Waals surface area contributed by atoms with E-state index in [2.05, 4.69) is 11.4 Å². The van der Waals surface area contributed by atoms with Gasteiger partial charge in [0.05, 0.1) is 11.6 Å². The number of nitriles is 1. The number of hydrogen-bond acceptors (Lipinski definition) is 5. The molecular formula is C18H18N4O3. The summed E-state index contributed by atoms with van der Waals surface area (Å²) in [6.07, 6.45) is 0. The lowest BCUT2D eigenvalue weighted by Gasteiger charge is -2.14. The molecule has 2 rings (SSSR count). The molecule has 0 heterocycles. The third-order valence-electron chi connectivity index (χ3n) is 3.34. The van der Waals surface area contributed by atoms with E-state index >= 15 is 0 Å². The molecule has 25 heavy (non-hydrogen) atoms. The summed E-state index contributed by atoms with van der Waals surface area (Å²) in [5, 5.41) is 13.8. The first-order valence-corrected chi connectivity index (χ1v) is 7.56. The van der Waals surface area contributed by atoms with Gasteiger partial charge in [-0.2, -0.15) is 5.26 Å². The van der Waals surface area contributed by atoms with Crippen LogP contribution in [0, 0.1) is 11.3 Å². The molecule has 2 aromatic carbocycles. The number of imide groups is 1. The first kappa shape index (κ1) is 17.8. The van der Waals surface area contributed by atoms with Crippen molar-refractivity contribution in [2.24, 2.45) is 5.73 Å². The number of primary amides is 1. The van der Waals surface area contributed by atoms with E-state index in [0.29, 0.717) is 23.6 Å². The lowest BCUT2D eigenvalue weighted by atomic mass is 10.1. The van der Waals surface area contributed by atoms with E-state index in [9.17, 15) is 9.59 Å². The minimum atomic E-state index is -0.886. The Labute approximate surface area is 145 Å². The monoisotopic (exact) mass is 338 g/mol. The van der Waals surface area contributed by atoms with Crippen molar-refractivity contribution in [2.45, 2.75) is 19.6 Å². The molecule has 1 atom stereocenters. The summed E-state index contributed by atoms with van der Waals surface area (Å²) in [5.41, 5.74) is 7.10. The van der Waals surface area contributed by atoms with Crippen LogP contribution < -0.4 is 21.1 Å². The first-order valence-electron chi connectivity index (χ1n) is 7.56. The number of carbonyl (C=O) groups is 2. The zero-order valence-corrected chi connectivity index (χ0v) is 13.7. The highest BCUT2D eigenvalue weighted by Gasteiger charge is 2.13. The highest BCUT2D eigenvalue weighted by molar-refractivity contribution is 5.97. The van der Waals surface area contributed by atoms with Gasteiger partial charge < -0.3 is 15.8 Å². The second kappa shape index (κ2) is 8.36. The van der Waals surface area contributed by atoms with E-state index < -0.39 is 18.0 Å². The molecule has 0 bridgehead atoms. The predicted molar refractivity (Wildman–Crippen MR) is 92.7 cm³/mol. The number of urea groups is 1. The molecule has 0 spiro atoms. The summed E-state index contributed by atoms with van der Waals surface area (Å²) in [6.45, 7) is 1.96. The second-order valence-corrected chi connectivity index (χ2v) is 5.34. The largest absolute Gasteiger partial charge is 0.489 e. The highest BCUT2D eigenvalue weighted by Crippen LogP contribution is 2.18. The normalized spacial score (nSPS) is 11.0. The summed E-state index contributed by atoms with van der Waals surface area (Å²) < 4.78 is 5.67. The van der Waals surface area contributed by atoms with Crippen molar-refractivity contribution in [1.82, 2.24) is 5.32 Å². The number of amides is 3. The Morgan fingerprint density at radius 1 is 1.24 bits per heavy atom. The maximum atomic E-state index is 11.6. The number of nitrogens with zero attached hydrogens (tertiary/aromatic N) is 1. The van der Waals surface area contributed by atoms with Crippen molar-refractivity contribution in [3.8, 4) is 11.8 Å². The Balaban J connectivity index is 1.90. The van der Waals surface area contributed by atoms with Crippen molar-refractivity contribution < 1.29 is 14.3 Å². The van der Waals surface area contributed by atoms with Crippen LogP contribution in [0.1, 0.15) is 18.1 Å². The fourth-order valence-corrected chi connectivity index (χ4v) is 2.09. The average molecular weight is 338 g/mol. The molecule has 0 fully saturated rings. The molecular weight excluding hydrogens is 320 g/mol. The van der Waals surface area contributed by atoms with E-state index in [4.69, 9.17) is 15.7 Å². The number of carbonyl (C=O) groups excluding carboxylic acids is 2. The van der Waals surface area contributed by atoms with Crippen molar-refractivity contribution in [3.63, 3.8) is 0 Å². The SMILES string of the molecule is C[C@H](Nc1ccc(OCc2cccc(C#N)c2)cc1)C(=O)NC(N)=O. The van der Waals surface area contributed by atoms with Gasteiger partial charge in [0.15, 0.2) is 0 Å². The Bertz CT molecular complexity index is 797. The van der Waals surface area contributed by atoms with E-state index in [-0.39, 0.29) is 0 Å². The van der Waals surface area contributed by atoms with Gasteiger partial charge in [-0.3, -0.25) is 10.1 Å². The first-order chi connectivity index (χ1) is 12.0. The summed E-state index contributed by atoms with van der Waals surface area (Å²) >= 11 is 0. The maximum Gasteiger partial charge on any atom is 0.318 e. The van der Waals surface area contributed by atoms with Crippen LogP contribution in [-0.2, 0) is 11.4 Å². The van der Waals surface area contributed by atoms with Crippen LogP contribution in [0.3, 0.4) is 0 Å². The van der Waals surface area contributed by atoms with Gasteiger partial charge in [0.25, 0.3) is 0 Å².